The van der Waals surface area contributed by atoms with Crippen LogP contribution in [0.3, 0.4) is 0 Å². The molecule has 0 amide bonds. The van der Waals surface area contributed by atoms with Gasteiger partial charge >= 0.3 is 11.9 Å². The van der Waals surface area contributed by atoms with E-state index in [4.69, 9.17) is 25.5 Å². The number of carboxylic acids is 2. The molecule has 0 saturated carbocycles. The third-order valence-electron chi connectivity index (χ3n) is 1.47. The first-order valence-electron chi connectivity index (χ1n) is 5.24. The minimum Gasteiger partial charge on any atom is -0.508 e. The minimum absolute atomic E-state index is 0.322. The van der Waals surface area contributed by atoms with Gasteiger partial charge in [-0.3, -0.25) is 0 Å². The second kappa shape index (κ2) is 11.0. The average Bonchev–Trinajstić information content (AvgIpc) is 2.31. The molecule has 0 aliphatic rings. The molecule has 5 N–H and O–H groups in total. The number of para-hydroxylation sites is 1. The van der Waals surface area contributed by atoms with Crippen molar-refractivity contribution < 1.29 is 35.1 Å². The number of hydrogen-bond donors (Lipinski definition) is 5. The molecule has 0 heterocycles. The normalized spacial score (nSPS) is 11.8. The van der Waals surface area contributed by atoms with Crippen molar-refractivity contribution in [1.29, 1.82) is 0 Å². The molecule has 0 radical (unpaired) electrons. The third-order valence-corrected chi connectivity index (χ3v) is 1.47. The molecule has 0 saturated heterocycles. The van der Waals surface area contributed by atoms with Gasteiger partial charge < -0.3 is 25.5 Å². The summed E-state index contributed by atoms with van der Waals surface area (Å²) in [5.41, 5.74) is 0. The first kappa shape index (κ1) is 19.2. The Labute approximate surface area is 110 Å². The highest BCUT2D eigenvalue weighted by Gasteiger charge is 2.01. The van der Waals surface area contributed by atoms with Crippen molar-refractivity contribution in [2.45, 2.75) is 26.1 Å². The summed E-state index contributed by atoms with van der Waals surface area (Å²) in [6, 6.07) is 8.71. The molecule has 2 atom stereocenters. The van der Waals surface area contributed by atoms with Crippen molar-refractivity contribution in [3.63, 3.8) is 0 Å². The lowest BCUT2D eigenvalue weighted by Gasteiger charge is -1.89. The Morgan fingerprint density at radius 1 is 0.895 bits per heavy atom. The zero-order valence-electron chi connectivity index (χ0n) is 10.6. The number of phenols is 1. The Morgan fingerprint density at radius 3 is 1.26 bits per heavy atom. The number of carbonyl (C=O) groups is 2. The van der Waals surface area contributed by atoms with E-state index in [-0.39, 0.29) is 0 Å². The van der Waals surface area contributed by atoms with Gasteiger partial charge in [0.05, 0.1) is 0 Å². The van der Waals surface area contributed by atoms with Crippen molar-refractivity contribution in [2.24, 2.45) is 0 Å². The van der Waals surface area contributed by atoms with Gasteiger partial charge in [0.1, 0.15) is 18.0 Å². The van der Waals surface area contributed by atoms with E-state index in [1.165, 1.54) is 13.8 Å². The van der Waals surface area contributed by atoms with Crippen molar-refractivity contribution >= 4 is 11.9 Å². The lowest BCUT2D eigenvalue weighted by atomic mass is 10.3. The maximum absolute atomic E-state index is 9.45. The summed E-state index contributed by atoms with van der Waals surface area (Å²) in [7, 11) is 0. The number of benzene rings is 1. The van der Waals surface area contributed by atoms with Gasteiger partial charge in [0, 0.05) is 0 Å². The molecule has 2 unspecified atom stereocenters. The number of carboxylic acid groups (broad SMARTS) is 2. The molecular formula is C12H18O7. The molecule has 19 heavy (non-hydrogen) atoms. The molecule has 1 aromatic carbocycles. The second-order valence-corrected chi connectivity index (χ2v) is 3.36. The summed E-state index contributed by atoms with van der Waals surface area (Å²) in [4.78, 5) is 18.9. The van der Waals surface area contributed by atoms with Crippen molar-refractivity contribution in [2.75, 3.05) is 0 Å². The Morgan fingerprint density at radius 2 is 1.16 bits per heavy atom. The van der Waals surface area contributed by atoms with Crippen LogP contribution in [-0.2, 0) is 9.59 Å². The van der Waals surface area contributed by atoms with Gasteiger partial charge in [-0.15, -0.1) is 0 Å². The minimum atomic E-state index is -1.23. The van der Waals surface area contributed by atoms with Crippen molar-refractivity contribution in [3.05, 3.63) is 30.3 Å². The SMILES string of the molecule is CC(O)C(=O)O.CC(O)C(=O)O.Oc1ccccc1. The van der Waals surface area contributed by atoms with E-state index in [2.05, 4.69) is 0 Å². The zero-order chi connectivity index (χ0) is 15.4. The van der Waals surface area contributed by atoms with Gasteiger partial charge in [0.25, 0.3) is 0 Å². The standard InChI is InChI=1S/C6H6O.2C3H6O3/c7-6-4-2-1-3-5-6;2*1-2(4)3(5)6/h1-5,7H;2*2,4H,1H3,(H,5,6). The number of hydrogen-bond acceptors (Lipinski definition) is 5. The molecule has 7 heteroatoms. The van der Waals surface area contributed by atoms with Gasteiger partial charge in [-0.25, -0.2) is 9.59 Å². The fourth-order valence-electron chi connectivity index (χ4n) is 0.428. The van der Waals surface area contributed by atoms with E-state index in [9.17, 15) is 9.59 Å². The summed E-state index contributed by atoms with van der Waals surface area (Å²) in [5.74, 6) is -2.05. The zero-order valence-corrected chi connectivity index (χ0v) is 10.6. The van der Waals surface area contributed by atoms with Crippen LogP contribution in [0.15, 0.2) is 30.3 Å². The molecule has 0 aliphatic heterocycles. The van der Waals surface area contributed by atoms with Gasteiger partial charge in [-0.2, -0.15) is 0 Å². The van der Waals surface area contributed by atoms with Crippen LogP contribution >= 0.6 is 0 Å². The van der Waals surface area contributed by atoms with E-state index in [0.717, 1.165) is 0 Å². The maximum Gasteiger partial charge on any atom is 0.332 e. The molecule has 0 spiro atoms. The number of aliphatic hydroxyl groups excluding tert-OH is 2. The highest BCUT2D eigenvalue weighted by Crippen LogP contribution is 2.02. The maximum atomic E-state index is 9.45. The number of aromatic hydroxyl groups is 1. The van der Waals surface area contributed by atoms with Crippen LogP contribution in [0.5, 0.6) is 5.75 Å². The first-order chi connectivity index (χ1) is 8.68. The third kappa shape index (κ3) is 15.9. The van der Waals surface area contributed by atoms with Crippen LogP contribution in [0.1, 0.15) is 13.8 Å². The lowest BCUT2D eigenvalue weighted by molar-refractivity contribution is -0.146. The van der Waals surface area contributed by atoms with E-state index in [0.29, 0.717) is 5.75 Å². The average molecular weight is 274 g/mol. The summed E-state index contributed by atoms with van der Waals surface area (Å²) < 4.78 is 0. The molecule has 0 fully saturated rings. The highest BCUT2D eigenvalue weighted by molar-refractivity contribution is 5.71. The van der Waals surface area contributed by atoms with Crippen LogP contribution < -0.4 is 0 Å². The topological polar surface area (TPSA) is 135 Å². The van der Waals surface area contributed by atoms with E-state index in [1.54, 1.807) is 24.3 Å². The fraction of sp³-hybridized carbons (Fsp3) is 0.333. The van der Waals surface area contributed by atoms with Gasteiger partial charge in [-0.1, -0.05) is 18.2 Å². The number of aliphatic carboxylic acids is 2. The summed E-state index contributed by atoms with van der Waals surface area (Å²) in [5, 5.41) is 40.2. The highest BCUT2D eigenvalue weighted by atomic mass is 16.4. The van der Waals surface area contributed by atoms with Crippen LogP contribution in [0.2, 0.25) is 0 Å². The Balaban J connectivity index is 0. The summed E-state index contributed by atoms with van der Waals surface area (Å²) in [6.45, 7) is 2.39. The fourth-order valence-corrected chi connectivity index (χ4v) is 0.428. The van der Waals surface area contributed by atoms with Crippen LogP contribution in [0, 0.1) is 0 Å². The van der Waals surface area contributed by atoms with E-state index in [1.807, 2.05) is 6.07 Å². The predicted molar refractivity (Wildman–Crippen MR) is 66.7 cm³/mol. The summed E-state index contributed by atoms with van der Waals surface area (Å²) in [6.07, 6.45) is -2.46. The van der Waals surface area contributed by atoms with Crippen LogP contribution in [0.4, 0.5) is 0 Å². The Hall–Kier alpha value is -2.12. The quantitative estimate of drug-likeness (QED) is 0.523. The second-order valence-electron chi connectivity index (χ2n) is 3.36. The summed E-state index contributed by atoms with van der Waals surface area (Å²) >= 11 is 0. The predicted octanol–water partition coefficient (Wildman–Crippen LogP) is 0.296. The monoisotopic (exact) mass is 274 g/mol. The largest absolute Gasteiger partial charge is 0.508 e. The number of phenolic OH excluding ortho intramolecular Hbond substituents is 1. The van der Waals surface area contributed by atoms with Gasteiger partial charge in [-0.05, 0) is 26.0 Å². The molecule has 0 aromatic heterocycles. The van der Waals surface area contributed by atoms with Crippen molar-refractivity contribution in [3.8, 4) is 5.75 Å². The first-order valence-corrected chi connectivity index (χ1v) is 5.24. The molecule has 1 rings (SSSR count). The number of aliphatic hydroxyl groups is 2. The molecule has 1 aromatic rings. The van der Waals surface area contributed by atoms with Crippen LogP contribution in [-0.4, -0.2) is 49.7 Å². The van der Waals surface area contributed by atoms with E-state index >= 15 is 0 Å². The van der Waals surface area contributed by atoms with Crippen LogP contribution in [0.25, 0.3) is 0 Å². The molecule has 108 valence electrons. The molecule has 0 bridgehead atoms. The van der Waals surface area contributed by atoms with E-state index < -0.39 is 24.1 Å². The van der Waals surface area contributed by atoms with Crippen molar-refractivity contribution in [1.82, 2.24) is 0 Å². The Bertz CT molecular complexity index is 342. The van der Waals surface area contributed by atoms with Gasteiger partial charge in [0.2, 0.25) is 0 Å². The number of rotatable bonds is 2. The Kier molecular flexibility index (Phi) is 11.1. The molecule has 0 aliphatic carbocycles. The molecular weight excluding hydrogens is 256 g/mol. The van der Waals surface area contributed by atoms with Gasteiger partial charge in [0.15, 0.2) is 0 Å². The lowest BCUT2D eigenvalue weighted by Crippen LogP contribution is -2.13. The molecule has 7 nitrogen and oxygen atoms in total. The smallest absolute Gasteiger partial charge is 0.332 e.